The Hall–Kier alpha value is -0.970. The molecule has 0 amide bonds. The predicted molar refractivity (Wildman–Crippen MR) is 33.8 cm³/mol. The second kappa shape index (κ2) is 3.26. The van der Waals surface area contributed by atoms with Crippen molar-refractivity contribution < 1.29 is 4.48 Å². The molecule has 0 fully saturated rings. The Bertz CT molecular complexity index is 197. The maximum Gasteiger partial charge on any atom is 0.133 e. The number of aromatic nitrogens is 3. The second-order valence-electron chi connectivity index (χ2n) is 1.99. The van der Waals surface area contributed by atoms with Crippen molar-refractivity contribution in [3.63, 3.8) is 0 Å². The van der Waals surface area contributed by atoms with E-state index in [0.717, 1.165) is 5.82 Å². The monoisotopic (exact) mass is 144 g/mol. The first-order valence-corrected chi connectivity index (χ1v) is 3.01. The minimum absolute atomic E-state index is 0.284. The van der Waals surface area contributed by atoms with Gasteiger partial charge in [0.15, 0.2) is 0 Å². The fourth-order valence-electron chi connectivity index (χ4n) is 0.693. The molecule has 5 heteroatoms. The van der Waals surface area contributed by atoms with Crippen LogP contribution in [0.2, 0.25) is 0 Å². The highest BCUT2D eigenvalue weighted by molar-refractivity contribution is 4.84. The van der Waals surface area contributed by atoms with Crippen LogP contribution < -0.4 is 5.54 Å². The quantitative estimate of drug-likeness (QED) is 0.599. The first kappa shape index (κ1) is 7.14. The van der Waals surface area contributed by atoms with Gasteiger partial charge in [0, 0.05) is 20.0 Å². The topological polar surface area (TPSA) is 42.7 Å². The lowest BCUT2D eigenvalue weighted by Crippen LogP contribution is -2.09. The molecule has 1 rings (SSSR count). The van der Waals surface area contributed by atoms with Crippen molar-refractivity contribution in [2.75, 3.05) is 6.54 Å². The maximum absolute atomic E-state index is 11.4. The van der Waals surface area contributed by atoms with Crippen LogP contribution in [-0.4, -0.2) is 21.3 Å². The van der Waals surface area contributed by atoms with Crippen LogP contribution in [0.4, 0.5) is 4.48 Å². The molecule has 0 unspecified atom stereocenters. The van der Waals surface area contributed by atoms with E-state index in [0.29, 0.717) is 6.42 Å². The molecular weight excluding hydrogens is 135 g/mol. The Morgan fingerprint density at radius 2 is 2.60 bits per heavy atom. The van der Waals surface area contributed by atoms with E-state index in [1.165, 1.54) is 0 Å². The lowest BCUT2D eigenvalue weighted by molar-refractivity contribution is 0.335. The minimum atomic E-state index is 0.284. The Balaban J connectivity index is 2.49. The van der Waals surface area contributed by atoms with Gasteiger partial charge in [-0.3, -0.25) is 0 Å². The molecule has 4 nitrogen and oxygen atoms in total. The van der Waals surface area contributed by atoms with Gasteiger partial charge in [-0.05, 0) is 0 Å². The molecule has 0 aliphatic rings. The van der Waals surface area contributed by atoms with Crippen LogP contribution in [0.1, 0.15) is 5.82 Å². The van der Waals surface area contributed by atoms with E-state index >= 15 is 0 Å². The summed E-state index contributed by atoms with van der Waals surface area (Å²) in [5.74, 6) is 0.783. The third-order valence-corrected chi connectivity index (χ3v) is 1.25. The zero-order chi connectivity index (χ0) is 7.40. The summed E-state index contributed by atoms with van der Waals surface area (Å²) >= 11 is 0. The van der Waals surface area contributed by atoms with Crippen molar-refractivity contribution in [2.45, 2.75) is 6.42 Å². The molecule has 1 heterocycles. The molecule has 1 N–H and O–H groups in total. The van der Waals surface area contributed by atoms with Gasteiger partial charge in [0.1, 0.15) is 12.2 Å². The molecule has 10 heavy (non-hydrogen) atoms. The number of hydrogen-bond donors (Lipinski definition) is 1. The van der Waals surface area contributed by atoms with E-state index in [-0.39, 0.29) is 6.54 Å². The first-order valence-electron chi connectivity index (χ1n) is 3.01. The van der Waals surface area contributed by atoms with E-state index in [1.807, 2.05) is 7.05 Å². The Morgan fingerprint density at radius 1 is 1.80 bits per heavy atom. The van der Waals surface area contributed by atoms with Crippen LogP contribution in [0.5, 0.6) is 0 Å². The summed E-state index contributed by atoms with van der Waals surface area (Å²) in [6.07, 6.45) is 2.15. The highest BCUT2D eigenvalue weighted by atomic mass is 19.2. The van der Waals surface area contributed by atoms with Crippen LogP contribution in [0.3, 0.4) is 0 Å². The van der Waals surface area contributed by atoms with E-state index in [4.69, 9.17) is 0 Å². The van der Waals surface area contributed by atoms with E-state index < -0.39 is 0 Å². The third-order valence-electron chi connectivity index (χ3n) is 1.25. The van der Waals surface area contributed by atoms with E-state index in [2.05, 4.69) is 10.2 Å². The number of aryl methyl sites for hydroxylation is 1. The average molecular weight is 144 g/mol. The molecule has 0 radical (unpaired) electrons. The van der Waals surface area contributed by atoms with E-state index in [1.54, 1.807) is 16.4 Å². The van der Waals surface area contributed by atoms with Crippen LogP contribution in [0.25, 0.3) is 0 Å². The minimum Gasteiger partial charge on any atom is -0.321 e. The lowest BCUT2D eigenvalue weighted by Gasteiger charge is -1.95. The molecule has 0 atom stereocenters. The summed E-state index contributed by atoms with van der Waals surface area (Å²) in [6.45, 7) is 0.284. The Kier molecular flexibility index (Phi) is 2.33. The first-order chi connectivity index (χ1) is 4.84. The zero-order valence-electron chi connectivity index (χ0n) is 5.71. The average Bonchev–Trinajstić information content (AvgIpc) is 2.31. The fraction of sp³-hybridized carbons (Fsp3) is 0.600. The van der Waals surface area contributed by atoms with Crippen LogP contribution in [-0.2, 0) is 13.5 Å². The van der Waals surface area contributed by atoms with Gasteiger partial charge in [0.05, 0.1) is 0 Å². The van der Waals surface area contributed by atoms with E-state index in [9.17, 15) is 4.48 Å². The number of halogens is 1. The number of hydrogen-bond acceptors (Lipinski definition) is 3. The summed E-state index contributed by atoms with van der Waals surface area (Å²) in [6, 6.07) is 0. The summed E-state index contributed by atoms with van der Waals surface area (Å²) in [4.78, 5) is 0. The molecule has 0 aliphatic carbocycles. The normalized spacial score (nSPS) is 10.2. The highest BCUT2D eigenvalue weighted by Crippen LogP contribution is 1.90. The van der Waals surface area contributed by atoms with Gasteiger partial charge in [-0.1, -0.05) is 0 Å². The fourth-order valence-corrected chi connectivity index (χ4v) is 0.693. The standard InChI is InChI=1S/C5H9FN4/c1-10-4-8-9-5(10)2-3-7-6/h4,7H,2-3H2,1H3. The van der Waals surface area contributed by atoms with Gasteiger partial charge in [0.25, 0.3) is 0 Å². The zero-order valence-corrected chi connectivity index (χ0v) is 5.71. The van der Waals surface area contributed by atoms with Crippen LogP contribution >= 0.6 is 0 Å². The molecule has 0 spiro atoms. The Labute approximate surface area is 58.0 Å². The summed E-state index contributed by atoms with van der Waals surface area (Å²) < 4.78 is 13.2. The number of nitrogens with zero attached hydrogens (tertiary/aromatic N) is 3. The van der Waals surface area contributed by atoms with Crippen molar-refractivity contribution in [1.82, 2.24) is 20.3 Å². The highest BCUT2D eigenvalue weighted by Gasteiger charge is 1.97. The lowest BCUT2D eigenvalue weighted by atomic mass is 10.4. The van der Waals surface area contributed by atoms with Crippen molar-refractivity contribution in [3.05, 3.63) is 12.2 Å². The summed E-state index contributed by atoms with van der Waals surface area (Å²) in [7, 11) is 1.83. The van der Waals surface area contributed by atoms with Gasteiger partial charge in [-0.15, -0.1) is 14.7 Å². The van der Waals surface area contributed by atoms with Crippen LogP contribution in [0.15, 0.2) is 6.33 Å². The SMILES string of the molecule is Cn1cnnc1CCNF. The molecule has 56 valence electrons. The molecule has 1 aromatic heterocycles. The van der Waals surface area contributed by atoms with Gasteiger partial charge in [-0.2, -0.15) is 5.54 Å². The molecule has 0 saturated carbocycles. The molecule has 0 saturated heterocycles. The molecule has 0 aliphatic heterocycles. The third kappa shape index (κ3) is 1.51. The predicted octanol–water partition coefficient (Wildman–Crippen LogP) is -0.168. The molecule has 1 aromatic rings. The molecular formula is C5H9FN4. The maximum atomic E-state index is 11.4. The summed E-state index contributed by atoms with van der Waals surface area (Å²) in [5.41, 5.74) is 1.55. The van der Waals surface area contributed by atoms with Gasteiger partial charge >= 0.3 is 0 Å². The van der Waals surface area contributed by atoms with Gasteiger partial charge < -0.3 is 4.57 Å². The number of nitrogens with one attached hydrogen (secondary N) is 1. The van der Waals surface area contributed by atoms with Crippen molar-refractivity contribution in [3.8, 4) is 0 Å². The van der Waals surface area contributed by atoms with Crippen molar-refractivity contribution >= 4 is 0 Å². The molecule has 0 bridgehead atoms. The Morgan fingerprint density at radius 3 is 3.10 bits per heavy atom. The van der Waals surface area contributed by atoms with Gasteiger partial charge in [0.2, 0.25) is 0 Å². The van der Waals surface area contributed by atoms with Gasteiger partial charge in [-0.25, -0.2) is 0 Å². The van der Waals surface area contributed by atoms with Crippen LogP contribution in [0, 0.1) is 0 Å². The number of rotatable bonds is 3. The van der Waals surface area contributed by atoms with Crippen molar-refractivity contribution in [1.29, 1.82) is 0 Å². The summed E-state index contributed by atoms with van der Waals surface area (Å²) in [5, 5.41) is 7.40. The smallest absolute Gasteiger partial charge is 0.133 e. The largest absolute Gasteiger partial charge is 0.321 e. The second-order valence-corrected chi connectivity index (χ2v) is 1.99. The molecule has 0 aromatic carbocycles. The van der Waals surface area contributed by atoms with Crippen molar-refractivity contribution in [2.24, 2.45) is 7.05 Å².